The Morgan fingerprint density at radius 1 is 1.13 bits per heavy atom. The summed E-state index contributed by atoms with van der Waals surface area (Å²) in [6, 6.07) is 14.1. The number of unbranched alkanes of at least 4 members (excludes halogenated alkanes) is 2. The Kier molecular flexibility index (Phi) is 8.45. The van der Waals surface area contributed by atoms with Crippen LogP contribution in [0.5, 0.6) is 5.75 Å². The number of rotatable bonds is 10. The second-order valence-corrected chi connectivity index (χ2v) is 7.90. The zero-order chi connectivity index (χ0) is 21.2. The molecule has 0 radical (unpaired) electrons. The first-order valence-electron chi connectivity index (χ1n) is 10.4. The van der Waals surface area contributed by atoms with Gasteiger partial charge in [-0.3, -0.25) is 9.78 Å². The van der Waals surface area contributed by atoms with Crippen LogP contribution >= 0.6 is 15.9 Å². The van der Waals surface area contributed by atoms with E-state index in [1.165, 1.54) is 0 Å². The van der Waals surface area contributed by atoms with Crippen molar-refractivity contribution < 1.29 is 9.53 Å². The fraction of sp³-hybridized carbons (Fsp3) is 0.280. The minimum Gasteiger partial charge on any atom is -0.493 e. The molecule has 0 bridgehead atoms. The van der Waals surface area contributed by atoms with Gasteiger partial charge in [0.25, 0.3) is 0 Å². The number of carbonyl (C=O) groups excluding carboxylic acids is 1. The molecule has 0 unspecified atom stereocenters. The van der Waals surface area contributed by atoms with Crippen molar-refractivity contribution in [3.8, 4) is 5.75 Å². The molecule has 0 spiro atoms. The van der Waals surface area contributed by atoms with Crippen molar-refractivity contribution >= 4 is 38.7 Å². The van der Waals surface area contributed by atoms with Crippen molar-refractivity contribution in [2.45, 2.75) is 32.6 Å². The van der Waals surface area contributed by atoms with Crippen molar-refractivity contribution in [2.24, 2.45) is 0 Å². The maximum Gasteiger partial charge on any atom is 0.244 e. The molecule has 1 amide bonds. The Hall–Kier alpha value is -2.66. The fourth-order valence-corrected chi connectivity index (χ4v) is 3.80. The van der Waals surface area contributed by atoms with E-state index >= 15 is 0 Å². The minimum atomic E-state index is -0.116. The van der Waals surface area contributed by atoms with Gasteiger partial charge in [0.05, 0.1) is 6.61 Å². The van der Waals surface area contributed by atoms with Gasteiger partial charge in [0, 0.05) is 40.3 Å². The summed E-state index contributed by atoms with van der Waals surface area (Å²) < 4.78 is 7.04. The molecule has 0 saturated heterocycles. The van der Waals surface area contributed by atoms with Crippen LogP contribution in [0.2, 0.25) is 0 Å². The summed E-state index contributed by atoms with van der Waals surface area (Å²) in [7, 11) is 0. The molecule has 4 nitrogen and oxygen atoms in total. The number of hydrogen-bond donors (Lipinski definition) is 1. The molecule has 156 valence electrons. The lowest BCUT2D eigenvalue weighted by atomic mass is 10.1. The maximum atomic E-state index is 12.3. The molecule has 0 saturated carbocycles. The van der Waals surface area contributed by atoms with Crippen LogP contribution < -0.4 is 10.1 Å². The van der Waals surface area contributed by atoms with E-state index in [0.717, 1.165) is 57.8 Å². The molecular weight excluding hydrogens is 440 g/mol. The van der Waals surface area contributed by atoms with Gasteiger partial charge < -0.3 is 10.1 Å². The molecule has 3 aromatic rings. The summed E-state index contributed by atoms with van der Waals surface area (Å²) in [6.45, 7) is 3.45. The average Bonchev–Trinajstić information content (AvgIpc) is 2.78. The number of ether oxygens (including phenoxy) is 1. The number of benzene rings is 2. The zero-order valence-electron chi connectivity index (χ0n) is 17.2. The van der Waals surface area contributed by atoms with Gasteiger partial charge in [-0.2, -0.15) is 0 Å². The third-order valence-electron chi connectivity index (χ3n) is 4.85. The zero-order valence-corrected chi connectivity index (χ0v) is 18.8. The number of hydrogen-bond acceptors (Lipinski definition) is 3. The van der Waals surface area contributed by atoms with Crippen LogP contribution in [0.15, 0.2) is 65.4 Å². The molecule has 0 atom stereocenters. The number of nitrogens with zero attached hydrogens (tertiary/aromatic N) is 1. The van der Waals surface area contributed by atoms with Crippen molar-refractivity contribution in [3.63, 3.8) is 0 Å². The van der Waals surface area contributed by atoms with E-state index in [4.69, 9.17) is 4.74 Å². The highest BCUT2D eigenvalue weighted by Gasteiger charge is 2.10. The molecule has 0 fully saturated rings. The summed E-state index contributed by atoms with van der Waals surface area (Å²) in [5.74, 6) is 0.733. The number of carbonyl (C=O) groups is 1. The lowest BCUT2D eigenvalue weighted by Gasteiger charge is -2.13. The SMILES string of the molecule is CCCCCOc1cc(C=CC(=O)NCCc2ccncc2)c(Br)c2ccccc12. The lowest BCUT2D eigenvalue weighted by molar-refractivity contribution is -0.116. The number of pyridine rings is 1. The maximum absolute atomic E-state index is 12.3. The Morgan fingerprint density at radius 3 is 2.67 bits per heavy atom. The van der Waals surface area contributed by atoms with E-state index in [-0.39, 0.29) is 5.91 Å². The summed E-state index contributed by atoms with van der Waals surface area (Å²) in [5, 5.41) is 5.07. The lowest BCUT2D eigenvalue weighted by Crippen LogP contribution is -2.23. The van der Waals surface area contributed by atoms with Gasteiger partial charge in [-0.25, -0.2) is 0 Å². The predicted octanol–water partition coefficient (Wildman–Crippen LogP) is 5.94. The molecule has 1 aromatic heterocycles. The van der Waals surface area contributed by atoms with Gasteiger partial charge in [-0.05, 0) is 64.2 Å². The topological polar surface area (TPSA) is 51.2 Å². The van der Waals surface area contributed by atoms with Crippen molar-refractivity contribution in [2.75, 3.05) is 13.2 Å². The Balaban J connectivity index is 1.69. The second-order valence-electron chi connectivity index (χ2n) is 7.11. The van der Waals surface area contributed by atoms with Crippen LogP contribution in [-0.2, 0) is 11.2 Å². The molecule has 30 heavy (non-hydrogen) atoms. The summed E-state index contributed by atoms with van der Waals surface area (Å²) in [5.41, 5.74) is 2.07. The van der Waals surface area contributed by atoms with Crippen LogP contribution in [0.1, 0.15) is 37.3 Å². The first-order valence-corrected chi connectivity index (χ1v) is 11.2. The quantitative estimate of drug-likeness (QED) is 0.297. The molecule has 3 rings (SSSR count). The van der Waals surface area contributed by atoms with Crippen molar-refractivity contribution in [1.29, 1.82) is 0 Å². The molecule has 2 aromatic carbocycles. The minimum absolute atomic E-state index is 0.116. The molecule has 1 heterocycles. The van der Waals surface area contributed by atoms with Crippen LogP contribution in [0.3, 0.4) is 0 Å². The van der Waals surface area contributed by atoms with Gasteiger partial charge in [-0.1, -0.05) is 44.0 Å². The van der Waals surface area contributed by atoms with E-state index < -0.39 is 0 Å². The van der Waals surface area contributed by atoms with E-state index in [9.17, 15) is 4.79 Å². The number of aromatic nitrogens is 1. The number of halogens is 1. The standard InChI is InChI=1S/C25H27BrN2O2/c1-2-3-6-17-30-23-18-20(25(26)22-8-5-4-7-21(22)23)9-10-24(29)28-16-13-19-11-14-27-15-12-19/h4-5,7-12,14-15,18H,2-3,6,13,16-17H2,1H3,(H,28,29). The second kappa shape index (κ2) is 11.5. The molecule has 0 aliphatic heterocycles. The van der Waals surface area contributed by atoms with E-state index in [1.54, 1.807) is 18.5 Å². The number of fused-ring (bicyclic) bond motifs is 1. The molecule has 5 heteroatoms. The molecular formula is C25H27BrN2O2. The highest BCUT2D eigenvalue weighted by molar-refractivity contribution is 9.10. The average molecular weight is 467 g/mol. The molecule has 0 aliphatic carbocycles. The third-order valence-corrected chi connectivity index (χ3v) is 5.74. The van der Waals surface area contributed by atoms with Crippen molar-refractivity contribution in [1.82, 2.24) is 10.3 Å². The summed E-state index contributed by atoms with van der Waals surface area (Å²) >= 11 is 3.70. The molecule has 1 N–H and O–H groups in total. The molecule has 0 aliphatic rings. The van der Waals surface area contributed by atoms with Gasteiger partial charge in [0.2, 0.25) is 5.91 Å². The van der Waals surface area contributed by atoms with Gasteiger partial charge in [-0.15, -0.1) is 0 Å². The fourth-order valence-electron chi connectivity index (χ4n) is 3.21. The summed E-state index contributed by atoms with van der Waals surface area (Å²) in [4.78, 5) is 16.3. The Labute approximate surface area is 186 Å². The normalized spacial score (nSPS) is 11.1. The largest absolute Gasteiger partial charge is 0.493 e. The van der Waals surface area contributed by atoms with E-state index in [1.807, 2.05) is 36.4 Å². The van der Waals surface area contributed by atoms with Gasteiger partial charge in [0.1, 0.15) is 5.75 Å². The highest BCUT2D eigenvalue weighted by Crippen LogP contribution is 2.35. The first-order chi connectivity index (χ1) is 14.7. The number of amides is 1. The highest BCUT2D eigenvalue weighted by atomic mass is 79.9. The smallest absolute Gasteiger partial charge is 0.244 e. The van der Waals surface area contributed by atoms with E-state index in [0.29, 0.717) is 13.2 Å². The third kappa shape index (κ3) is 6.17. The Morgan fingerprint density at radius 2 is 1.90 bits per heavy atom. The van der Waals surface area contributed by atoms with Gasteiger partial charge >= 0.3 is 0 Å². The van der Waals surface area contributed by atoms with Crippen molar-refractivity contribution in [3.05, 3.63) is 76.5 Å². The monoisotopic (exact) mass is 466 g/mol. The number of nitrogens with one attached hydrogen (secondary N) is 1. The Bertz CT molecular complexity index is 1000. The van der Waals surface area contributed by atoms with Crippen LogP contribution in [0.25, 0.3) is 16.8 Å². The van der Waals surface area contributed by atoms with Crippen LogP contribution in [-0.4, -0.2) is 24.0 Å². The first kappa shape index (κ1) is 22.0. The van der Waals surface area contributed by atoms with Crippen LogP contribution in [0, 0.1) is 0 Å². The van der Waals surface area contributed by atoms with Crippen LogP contribution in [0.4, 0.5) is 0 Å². The van der Waals surface area contributed by atoms with E-state index in [2.05, 4.69) is 45.3 Å². The predicted molar refractivity (Wildman–Crippen MR) is 127 cm³/mol. The summed E-state index contributed by atoms with van der Waals surface area (Å²) in [6.07, 6.45) is 11.0. The van der Waals surface area contributed by atoms with Gasteiger partial charge in [0.15, 0.2) is 0 Å².